The van der Waals surface area contributed by atoms with Crippen LogP contribution in [0.4, 0.5) is 0 Å². The number of aromatic nitrogens is 3. The first-order valence-corrected chi connectivity index (χ1v) is 6.76. The van der Waals surface area contributed by atoms with Gasteiger partial charge in [-0.25, -0.2) is 0 Å². The van der Waals surface area contributed by atoms with Gasteiger partial charge in [0.05, 0.1) is 0 Å². The van der Waals surface area contributed by atoms with Crippen LogP contribution >= 0.6 is 11.6 Å². The van der Waals surface area contributed by atoms with Crippen molar-refractivity contribution in [3.05, 3.63) is 11.1 Å². The average Bonchev–Trinajstić information content (AvgIpc) is 2.90. The average molecular weight is 242 g/mol. The first-order valence-electron chi connectivity index (χ1n) is 6.39. The molecule has 0 amide bonds. The third-order valence-corrected chi connectivity index (χ3v) is 3.85. The molecule has 1 aliphatic rings. The number of nitrogens with zero attached hydrogens (tertiary/aromatic N) is 3. The highest BCUT2D eigenvalue weighted by atomic mass is 35.5. The molecule has 0 spiro atoms. The quantitative estimate of drug-likeness (QED) is 0.791. The van der Waals surface area contributed by atoms with Crippen LogP contribution in [-0.4, -0.2) is 14.8 Å². The lowest BCUT2D eigenvalue weighted by Crippen LogP contribution is -2.05. The van der Waals surface area contributed by atoms with Crippen LogP contribution in [0.2, 0.25) is 5.28 Å². The largest absolute Gasteiger partial charge is 0.302 e. The van der Waals surface area contributed by atoms with E-state index in [1.54, 1.807) is 0 Å². The molecular formula is C12H20ClN3. The first-order chi connectivity index (χ1) is 7.81. The van der Waals surface area contributed by atoms with Crippen LogP contribution in [0.5, 0.6) is 0 Å². The van der Waals surface area contributed by atoms with E-state index in [2.05, 4.69) is 21.7 Å². The van der Waals surface area contributed by atoms with Gasteiger partial charge in [0.25, 0.3) is 0 Å². The lowest BCUT2D eigenvalue weighted by Gasteiger charge is -2.10. The molecule has 1 fully saturated rings. The highest BCUT2D eigenvalue weighted by molar-refractivity contribution is 6.28. The Labute approximate surface area is 102 Å². The molecule has 1 saturated carbocycles. The minimum absolute atomic E-state index is 0.545. The molecule has 90 valence electrons. The second-order valence-electron chi connectivity index (χ2n) is 4.68. The van der Waals surface area contributed by atoms with Gasteiger partial charge in [0.15, 0.2) is 0 Å². The summed E-state index contributed by atoms with van der Waals surface area (Å²) < 4.78 is 2.05. The zero-order valence-corrected chi connectivity index (χ0v) is 10.7. The van der Waals surface area contributed by atoms with Gasteiger partial charge in [-0.3, -0.25) is 0 Å². The van der Waals surface area contributed by atoms with E-state index in [1.165, 1.54) is 38.5 Å². The molecule has 0 atom stereocenters. The summed E-state index contributed by atoms with van der Waals surface area (Å²) in [5, 5.41) is 8.53. The lowest BCUT2D eigenvalue weighted by molar-refractivity contribution is 0.455. The summed E-state index contributed by atoms with van der Waals surface area (Å²) in [5.41, 5.74) is 0. The van der Waals surface area contributed by atoms with Crippen molar-refractivity contribution in [3.63, 3.8) is 0 Å². The van der Waals surface area contributed by atoms with Gasteiger partial charge in [0.1, 0.15) is 5.82 Å². The minimum Gasteiger partial charge on any atom is -0.302 e. The maximum atomic E-state index is 6.01. The fraction of sp³-hybridized carbons (Fsp3) is 0.833. The highest BCUT2D eigenvalue weighted by Crippen LogP contribution is 2.28. The normalized spacial score (nSPS) is 17.1. The number of rotatable bonds is 5. The third kappa shape index (κ3) is 2.76. The van der Waals surface area contributed by atoms with E-state index in [9.17, 15) is 0 Å². The molecule has 0 aromatic carbocycles. The van der Waals surface area contributed by atoms with E-state index in [0.29, 0.717) is 5.28 Å². The smallest absolute Gasteiger partial charge is 0.225 e. The summed E-state index contributed by atoms with van der Waals surface area (Å²) in [6, 6.07) is 0. The van der Waals surface area contributed by atoms with Crippen molar-refractivity contribution >= 4 is 11.6 Å². The molecule has 0 radical (unpaired) electrons. The molecule has 0 aliphatic heterocycles. The SMILES string of the molecule is CCc1nnc(Cl)n1CCCC1CCCC1. The number of aryl methyl sites for hydroxylation is 1. The van der Waals surface area contributed by atoms with Crippen LogP contribution in [0, 0.1) is 5.92 Å². The lowest BCUT2D eigenvalue weighted by atomic mass is 10.0. The topological polar surface area (TPSA) is 30.7 Å². The van der Waals surface area contributed by atoms with Crippen LogP contribution in [0.3, 0.4) is 0 Å². The molecule has 2 rings (SSSR count). The Kier molecular flexibility index (Phi) is 4.22. The summed E-state index contributed by atoms with van der Waals surface area (Å²) in [5.74, 6) is 1.97. The van der Waals surface area contributed by atoms with Crippen molar-refractivity contribution in [3.8, 4) is 0 Å². The van der Waals surface area contributed by atoms with Crippen molar-refractivity contribution < 1.29 is 0 Å². The zero-order valence-electron chi connectivity index (χ0n) is 9.95. The number of hydrogen-bond acceptors (Lipinski definition) is 2. The van der Waals surface area contributed by atoms with Crippen LogP contribution in [0.1, 0.15) is 51.3 Å². The molecule has 3 nitrogen and oxygen atoms in total. The van der Waals surface area contributed by atoms with E-state index >= 15 is 0 Å². The van der Waals surface area contributed by atoms with Crippen LogP contribution < -0.4 is 0 Å². The van der Waals surface area contributed by atoms with Gasteiger partial charge in [-0.15, -0.1) is 10.2 Å². The predicted octanol–water partition coefficient (Wildman–Crippen LogP) is 3.46. The maximum Gasteiger partial charge on any atom is 0.225 e. The van der Waals surface area contributed by atoms with Crippen LogP contribution in [0.25, 0.3) is 0 Å². The monoisotopic (exact) mass is 241 g/mol. The summed E-state index contributed by atoms with van der Waals surface area (Å²) in [4.78, 5) is 0. The second-order valence-corrected chi connectivity index (χ2v) is 5.02. The summed E-state index contributed by atoms with van der Waals surface area (Å²) in [7, 11) is 0. The molecule has 1 aromatic rings. The van der Waals surface area contributed by atoms with Gasteiger partial charge in [-0.2, -0.15) is 0 Å². The van der Waals surface area contributed by atoms with Gasteiger partial charge in [-0.05, 0) is 30.4 Å². The highest BCUT2D eigenvalue weighted by Gasteiger charge is 2.15. The molecule has 0 bridgehead atoms. The van der Waals surface area contributed by atoms with Gasteiger partial charge in [0.2, 0.25) is 5.28 Å². The van der Waals surface area contributed by atoms with Crippen LogP contribution in [0.15, 0.2) is 0 Å². The Morgan fingerprint density at radius 1 is 1.31 bits per heavy atom. The van der Waals surface area contributed by atoms with Crippen molar-refractivity contribution in [2.75, 3.05) is 0 Å². The molecule has 1 aliphatic carbocycles. The van der Waals surface area contributed by atoms with E-state index in [0.717, 1.165) is 24.7 Å². The van der Waals surface area contributed by atoms with Gasteiger partial charge in [-0.1, -0.05) is 32.6 Å². The summed E-state index contributed by atoms with van der Waals surface area (Å²) in [6.07, 6.45) is 9.15. The van der Waals surface area contributed by atoms with E-state index in [1.807, 2.05) is 0 Å². The Morgan fingerprint density at radius 2 is 2.06 bits per heavy atom. The van der Waals surface area contributed by atoms with Gasteiger partial charge in [0, 0.05) is 13.0 Å². The van der Waals surface area contributed by atoms with E-state index in [-0.39, 0.29) is 0 Å². The molecule has 4 heteroatoms. The number of halogens is 1. The number of hydrogen-bond donors (Lipinski definition) is 0. The van der Waals surface area contributed by atoms with Crippen LogP contribution in [-0.2, 0) is 13.0 Å². The second kappa shape index (κ2) is 5.67. The minimum atomic E-state index is 0.545. The molecule has 0 saturated heterocycles. The molecule has 16 heavy (non-hydrogen) atoms. The fourth-order valence-electron chi connectivity index (χ4n) is 2.63. The first kappa shape index (κ1) is 11.9. The van der Waals surface area contributed by atoms with Crippen molar-refractivity contribution in [2.45, 2.75) is 58.4 Å². The summed E-state index contributed by atoms with van der Waals surface area (Å²) in [6.45, 7) is 3.07. The zero-order chi connectivity index (χ0) is 11.4. The Hall–Kier alpha value is -0.570. The van der Waals surface area contributed by atoms with Gasteiger partial charge >= 0.3 is 0 Å². The third-order valence-electron chi connectivity index (χ3n) is 3.57. The summed E-state index contributed by atoms with van der Waals surface area (Å²) >= 11 is 6.01. The molecular weight excluding hydrogens is 222 g/mol. The van der Waals surface area contributed by atoms with Crippen molar-refractivity contribution in [2.24, 2.45) is 5.92 Å². The fourth-order valence-corrected chi connectivity index (χ4v) is 2.85. The predicted molar refractivity (Wildman–Crippen MR) is 65.6 cm³/mol. The molecule has 1 heterocycles. The Morgan fingerprint density at radius 3 is 2.75 bits per heavy atom. The standard InChI is InChI=1S/C12H20ClN3/c1-2-11-14-15-12(13)16(11)9-5-8-10-6-3-4-7-10/h10H,2-9H2,1H3. The van der Waals surface area contributed by atoms with Gasteiger partial charge < -0.3 is 4.57 Å². The Bertz CT molecular complexity index is 329. The van der Waals surface area contributed by atoms with E-state index in [4.69, 9.17) is 11.6 Å². The van der Waals surface area contributed by atoms with Crippen molar-refractivity contribution in [1.29, 1.82) is 0 Å². The molecule has 0 unspecified atom stereocenters. The van der Waals surface area contributed by atoms with Crippen molar-refractivity contribution in [1.82, 2.24) is 14.8 Å². The maximum absolute atomic E-state index is 6.01. The van der Waals surface area contributed by atoms with E-state index < -0.39 is 0 Å². The molecule has 1 aromatic heterocycles. The molecule has 0 N–H and O–H groups in total. The Balaban J connectivity index is 1.81.